The van der Waals surface area contributed by atoms with E-state index < -0.39 is 45.2 Å². The fourth-order valence-corrected chi connectivity index (χ4v) is 3.72. The SMILES string of the molecule is NC1=C(OS(=O)(=O)Cc2ccccc2)C(=O)C(c2cccc(F)c2Cl)O1. The zero-order valence-electron chi connectivity index (χ0n) is 13.2. The van der Waals surface area contributed by atoms with Gasteiger partial charge in [0.2, 0.25) is 17.4 Å². The summed E-state index contributed by atoms with van der Waals surface area (Å²) in [5, 5.41) is -0.313. The zero-order valence-corrected chi connectivity index (χ0v) is 14.8. The van der Waals surface area contributed by atoms with E-state index in [9.17, 15) is 17.6 Å². The van der Waals surface area contributed by atoms with E-state index >= 15 is 0 Å². The second-order valence-corrected chi connectivity index (χ2v) is 7.42. The van der Waals surface area contributed by atoms with Crippen molar-refractivity contribution in [3.63, 3.8) is 0 Å². The maximum Gasteiger partial charge on any atom is 0.313 e. The van der Waals surface area contributed by atoms with Crippen LogP contribution in [0.25, 0.3) is 0 Å². The Morgan fingerprint density at radius 2 is 1.85 bits per heavy atom. The summed E-state index contributed by atoms with van der Waals surface area (Å²) in [6.07, 6.45) is -1.37. The average molecular weight is 398 g/mol. The average Bonchev–Trinajstić information content (AvgIpc) is 2.85. The van der Waals surface area contributed by atoms with Crippen molar-refractivity contribution in [2.75, 3.05) is 0 Å². The van der Waals surface area contributed by atoms with Crippen molar-refractivity contribution in [1.29, 1.82) is 0 Å². The number of ether oxygens (including phenoxy) is 1. The van der Waals surface area contributed by atoms with Gasteiger partial charge in [0.1, 0.15) is 11.6 Å². The molecule has 6 nitrogen and oxygen atoms in total. The second kappa shape index (κ2) is 6.97. The fraction of sp³-hybridized carbons (Fsp3) is 0.118. The molecule has 3 rings (SSSR count). The van der Waals surface area contributed by atoms with Gasteiger partial charge in [-0.2, -0.15) is 8.42 Å². The molecule has 0 saturated carbocycles. The predicted molar refractivity (Wildman–Crippen MR) is 91.6 cm³/mol. The predicted octanol–water partition coefficient (Wildman–Crippen LogP) is 2.79. The molecular weight excluding hydrogens is 385 g/mol. The Morgan fingerprint density at radius 1 is 1.15 bits per heavy atom. The first-order chi connectivity index (χ1) is 12.3. The lowest BCUT2D eigenvalue weighted by molar-refractivity contribution is -0.123. The van der Waals surface area contributed by atoms with Crippen LogP contribution in [0.5, 0.6) is 0 Å². The van der Waals surface area contributed by atoms with Crippen molar-refractivity contribution in [3.05, 3.63) is 82.1 Å². The van der Waals surface area contributed by atoms with E-state index in [1.54, 1.807) is 30.3 Å². The van der Waals surface area contributed by atoms with E-state index in [0.717, 1.165) is 6.07 Å². The highest BCUT2D eigenvalue weighted by molar-refractivity contribution is 7.86. The highest BCUT2D eigenvalue weighted by Gasteiger charge is 2.40. The monoisotopic (exact) mass is 397 g/mol. The summed E-state index contributed by atoms with van der Waals surface area (Å²) in [6.45, 7) is 0. The molecule has 1 aliphatic rings. The molecule has 0 aliphatic carbocycles. The molecule has 136 valence electrons. The van der Waals surface area contributed by atoms with Crippen molar-refractivity contribution in [1.82, 2.24) is 0 Å². The summed E-state index contributed by atoms with van der Waals surface area (Å²) in [7, 11) is -4.15. The molecule has 1 unspecified atom stereocenters. The molecule has 2 aromatic rings. The summed E-state index contributed by atoms with van der Waals surface area (Å²) < 4.78 is 48.0. The number of rotatable bonds is 5. The van der Waals surface area contributed by atoms with Crippen LogP contribution >= 0.6 is 11.6 Å². The molecule has 1 aliphatic heterocycles. The number of nitrogens with two attached hydrogens (primary N) is 1. The number of ketones is 1. The Kier molecular flexibility index (Phi) is 4.88. The first-order valence-electron chi connectivity index (χ1n) is 7.39. The molecule has 0 saturated heterocycles. The normalized spacial score (nSPS) is 17.3. The van der Waals surface area contributed by atoms with Crippen LogP contribution in [0.15, 0.2) is 60.2 Å². The van der Waals surface area contributed by atoms with Gasteiger partial charge in [0, 0.05) is 5.56 Å². The number of hydrogen-bond donors (Lipinski definition) is 1. The number of benzene rings is 2. The van der Waals surface area contributed by atoms with Crippen molar-refractivity contribution < 1.29 is 26.5 Å². The van der Waals surface area contributed by atoms with E-state index in [-0.39, 0.29) is 10.6 Å². The number of Topliss-reactive ketones (excluding diaryl/α,β-unsaturated/α-hetero) is 1. The highest BCUT2D eigenvalue weighted by atomic mass is 35.5. The van der Waals surface area contributed by atoms with E-state index in [1.807, 2.05) is 0 Å². The van der Waals surface area contributed by atoms with E-state index in [1.165, 1.54) is 12.1 Å². The second-order valence-electron chi connectivity index (χ2n) is 5.47. The molecule has 1 heterocycles. The van der Waals surface area contributed by atoms with Crippen LogP contribution < -0.4 is 5.73 Å². The summed E-state index contributed by atoms with van der Waals surface area (Å²) in [4.78, 5) is 12.5. The number of hydrogen-bond acceptors (Lipinski definition) is 6. The molecular formula is C17H13ClFNO5S. The lowest BCUT2D eigenvalue weighted by atomic mass is 10.1. The molecule has 9 heteroatoms. The Balaban J connectivity index is 1.82. The largest absolute Gasteiger partial charge is 0.460 e. The standard InChI is InChI=1S/C17H13ClFNO5S/c18-13-11(7-4-8-12(13)19)15-14(21)16(17(20)24-15)25-26(22,23)9-10-5-2-1-3-6-10/h1-8,15H,9,20H2. The van der Waals surface area contributed by atoms with Crippen LogP contribution in [-0.2, 0) is 29.6 Å². The minimum Gasteiger partial charge on any atom is -0.460 e. The van der Waals surface area contributed by atoms with E-state index in [0.29, 0.717) is 5.56 Å². The Hall–Kier alpha value is -2.58. The van der Waals surface area contributed by atoms with E-state index in [2.05, 4.69) is 0 Å². The van der Waals surface area contributed by atoms with Gasteiger partial charge in [0.25, 0.3) is 0 Å². The maximum absolute atomic E-state index is 13.6. The topological polar surface area (TPSA) is 95.7 Å². The lowest BCUT2D eigenvalue weighted by Crippen LogP contribution is -2.16. The van der Waals surface area contributed by atoms with Crippen LogP contribution in [0.3, 0.4) is 0 Å². The van der Waals surface area contributed by atoms with Gasteiger partial charge in [0.15, 0.2) is 6.10 Å². The summed E-state index contributed by atoms with van der Waals surface area (Å²) in [5.74, 6) is -3.21. The Morgan fingerprint density at radius 3 is 2.54 bits per heavy atom. The van der Waals surface area contributed by atoms with Gasteiger partial charge in [-0.05, 0) is 11.6 Å². The molecule has 2 aromatic carbocycles. The highest BCUT2D eigenvalue weighted by Crippen LogP contribution is 2.36. The van der Waals surface area contributed by atoms with Gasteiger partial charge in [-0.15, -0.1) is 0 Å². The third-order valence-corrected chi connectivity index (χ3v) is 5.10. The molecule has 0 radical (unpaired) electrons. The van der Waals surface area contributed by atoms with Crippen molar-refractivity contribution >= 4 is 27.5 Å². The van der Waals surface area contributed by atoms with Gasteiger partial charge in [0.05, 0.1) is 5.02 Å². The lowest BCUT2D eigenvalue weighted by Gasteiger charge is -2.12. The molecule has 0 aromatic heterocycles. The molecule has 26 heavy (non-hydrogen) atoms. The van der Waals surface area contributed by atoms with Gasteiger partial charge in [-0.3, -0.25) is 4.79 Å². The van der Waals surface area contributed by atoms with Crippen LogP contribution in [-0.4, -0.2) is 14.2 Å². The van der Waals surface area contributed by atoms with Crippen molar-refractivity contribution in [3.8, 4) is 0 Å². The zero-order chi connectivity index (χ0) is 18.9. The smallest absolute Gasteiger partial charge is 0.313 e. The first kappa shape index (κ1) is 18.2. The Bertz CT molecular complexity index is 991. The minimum absolute atomic E-state index is 0.0265. The molecule has 0 spiro atoms. The van der Waals surface area contributed by atoms with E-state index in [4.69, 9.17) is 26.3 Å². The van der Waals surface area contributed by atoms with Crippen LogP contribution in [0.4, 0.5) is 4.39 Å². The van der Waals surface area contributed by atoms with Gasteiger partial charge in [-0.25, -0.2) is 4.39 Å². The summed E-state index contributed by atoms with van der Waals surface area (Å²) in [6, 6.07) is 12.1. The maximum atomic E-state index is 13.6. The summed E-state index contributed by atoms with van der Waals surface area (Å²) in [5.41, 5.74) is 6.10. The van der Waals surface area contributed by atoms with Crippen LogP contribution in [0, 0.1) is 5.82 Å². The molecule has 1 atom stereocenters. The first-order valence-corrected chi connectivity index (χ1v) is 9.34. The quantitative estimate of drug-likeness (QED) is 0.779. The third-order valence-electron chi connectivity index (χ3n) is 3.59. The molecule has 0 bridgehead atoms. The van der Waals surface area contributed by atoms with Crippen LogP contribution in [0.1, 0.15) is 17.2 Å². The molecule has 2 N–H and O–H groups in total. The minimum atomic E-state index is -4.15. The van der Waals surface area contributed by atoms with Gasteiger partial charge < -0.3 is 14.7 Å². The molecule has 0 fully saturated rings. The van der Waals surface area contributed by atoms with Crippen molar-refractivity contribution in [2.45, 2.75) is 11.9 Å². The number of carbonyl (C=O) groups is 1. The number of halogens is 2. The van der Waals surface area contributed by atoms with Gasteiger partial charge >= 0.3 is 10.1 Å². The summed E-state index contributed by atoms with van der Waals surface area (Å²) >= 11 is 5.85. The molecule has 0 amide bonds. The van der Waals surface area contributed by atoms with Gasteiger partial charge in [-0.1, -0.05) is 54.1 Å². The van der Waals surface area contributed by atoms with Crippen LogP contribution in [0.2, 0.25) is 5.02 Å². The van der Waals surface area contributed by atoms with Crippen molar-refractivity contribution in [2.24, 2.45) is 5.73 Å². The third kappa shape index (κ3) is 3.66. The Labute approximate surface area is 154 Å². The fourth-order valence-electron chi connectivity index (χ4n) is 2.42. The number of carbonyl (C=O) groups excluding carboxylic acids is 1.